The smallest absolute Gasteiger partial charge is 0.310 e. The van der Waals surface area contributed by atoms with E-state index in [1.165, 1.54) is 23.1 Å². The first-order chi connectivity index (χ1) is 10.4. The number of aliphatic carboxylic acids is 1. The summed E-state index contributed by atoms with van der Waals surface area (Å²) < 4.78 is 19.1. The molecule has 0 radical (unpaired) electrons. The maximum Gasteiger partial charge on any atom is 0.310 e. The number of carboxylic acids is 1. The van der Waals surface area contributed by atoms with Crippen molar-refractivity contribution in [1.82, 2.24) is 0 Å². The quantitative estimate of drug-likeness (QED) is 0.844. The van der Waals surface area contributed by atoms with Gasteiger partial charge in [-0.15, -0.1) is 0 Å². The summed E-state index contributed by atoms with van der Waals surface area (Å²) >= 11 is 5.76. The van der Waals surface area contributed by atoms with Crippen molar-refractivity contribution in [2.24, 2.45) is 11.8 Å². The zero-order valence-corrected chi connectivity index (χ0v) is 12.0. The predicted octanol–water partition coefficient (Wildman–Crippen LogP) is 1.85. The molecule has 22 heavy (non-hydrogen) atoms. The Bertz CT molecular complexity index is 736. The molecular weight excluding hydrogens is 313 g/mol. The third kappa shape index (κ3) is 1.62. The standard InChI is InChI=1S/C15H11ClFNO4/c16-8-5-7(1-2-9(8)17)18-6-15-4-3-10(22-15)11(14(20)21)12(15)13(18)19/h1-5,10-12H,6H2,(H,20,21)/t10-,11+,12-,15-/m1/s1. The SMILES string of the molecule is O=C(O)[C@H]1[C@H]2C=C[C@]3(CN(c4ccc(F)c(Cl)c4)C(=O)[C@@H]13)O2. The number of nitrogens with zero attached hydrogens (tertiary/aromatic N) is 1. The Morgan fingerprint density at radius 3 is 2.95 bits per heavy atom. The molecule has 4 atom stereocenters. The van der Waals surface area contributed by atoms with E-state index in [9.17, 15) is 19.1 Å². The van der Waals surface area contributed by atoms with Gasteiger partial charge in [0.25, 0.3) is 0 Å². The Kier molecular flexibility index (Phi) is 2.68. The van der Waals surface area contributed by atoms with Crippen molar-refractivity contribution in [3.63, 3.8) is 0 Å². The monoisotopic (exact) mass is 323 g/mol. The summed E-state index contributed by atoms with van der Waals surface area (Å²) in [5.74, 6) is -3.60. The summed E-state index contributed by atoms with van der Waals surface area (Å²) in [5.41, 5.74) is -0.476. The number of amides is 1. The van der Waals surface area contributed by atoms with Crippen LogP contribution in [0.1, 0.15) is 0 Å². The fourth-order valence-corrected chi connectivity index (χ4v) is 3.83. The van der Waals surface area contributed by atoms with Gasteiger partial charge in [0.05, 0.1) is 23.6 Å². The lowest BCUT2D eigenvalue weighted by molar-refractivity contribution is -0.146. The van der Waals surface area contributed by atoms with Crippen molar-refractivity contribution in [2.45, 2.75) is 11.7 Å². The molecule has 3 aliphatic rings. The van der Waals surface area contributed by atoms with E-state index in [4.69, 9.17) is 16.3 Å². The number of anilines is 1. The van der Waals surface area contributed by atoms with Gasteiger partial charge in [-0.25, -0.2) is 4.39 Å². The first-order valence-corrected chi connectivity index (χ1v) is 7.17. The van der Waals surface area contributed by atoms with Gasteiger partial charge in [-0.1, -0.05) is 23.8 Å². The van der Waals surface area contributed by atoms with Gasteiger partial charge < -0.3 is 14.7 Å². The van der Waals surface area contributed by atoms with Crippen LogP contribution >= 0.6 is 11.6 Å². The molecule has 0 saturated carbocycles. The largest absolute Gasteiger partial charge is 0.481 e. The van der Waals surface area contributed by atoms with E-state index < -0.39 is 35.3 Å². The molecule has 1 aromatic rings. The minimum Gasteiger partial charge on any atom is -0.481 e. The van der Waals surface area contributed by atoms with E-state index in [2.05, 4.69) is 0 Å². The summed E-state index contributed by atoms with van der Waals surface area (Å²) in [5, 5.41) is 9.29. The number of carbonyl (C=O) groups is 2. The molecule has 3 heterocycles. The van der Waals surface area contributed by atoms with Crippen molar-refractivity contribution in [3.8, 4) is 0 Å². The summed E-state index contributed by atoms with van der Waals surface area (Å²) in [6.45, 7) is 0.204. The van der Waals surface area contributed by atoms with Crippen LogP contribution in [0, 0.1) is 17.7 Å². The van der Waals surface area contributed by atoms with Gasteiger partial charge in [0, 0.05) is 5.69 Å². The van der Waals surface area contributed by atoms with Crippen LogP contribution < -0.4 is 4.90 Å². The second-order valence-corrected chi connectivity index (χ2v) is 6.17. The fraction of sp³-hybridized carbons (Fsp3) is 0.333. The number of hydrogen-bond donors (Lipinski definition) is 1. The second kappa shape index (κ2) is 4.30. The van der Waals surface area contributed by atoms with E-state index >= 15 is 0 Å². The number of halogens is 2. The van der Waals surface area contributed by atoms with Crippen LogP contribution in [-0.4, -0.2) is 35.2 Å². The highest BCUT2D eigenvalue weighted by Gasteiger charge is 2.67. The van der Waals surface area contributed by atoms with Crippen LogP contribution in [0.5, 0.6) is 0 Å². The second-order valence-electron chi connectivity index (χ2n) is 5.76. The molecule has 7 heteroatoms. The maximum absolute atomic E-state index is 13.3. The van der Waals surface area contributed by atoms with Gasteiger partial charge in [0.15, 0.2) is 0 Å². The number of ether oxygens (including phenoxy) is 1. The first-order valence-electron chi connectivity index (χ1n) is 6.79. The molecule has 1 N–H and O–H groups in total. The zero-order chi connectivity index (χ0) is 15.6. The zero-order valence-electron chi connectivity index (χ0n) is 11.2. The van der Waals surface area contributed by atoms with Crippen molar-refractivity contribution in [2.75, 3.05) is 11.4 Å². The molecule has 1 amide bonds. The minimum atomic E-state index is -1.05. The Hall–Kier alpha value is -1.92. The van der Waals surface area contributed by atoms with E-state index in [-0.39, 0.29) is 17.5 Å². The Morgan fingerprint density at radius 2 is 2.27 bits per heavy atom. The van der Waals surface area contributed by atoms with Crippen LogP contribution in [0.15, 0.2) is 30.4 Å². The number of rotatable bonds is 2. The predicted molar refractivity (Wildman–Crippen MR) is 75.1 cm³/mol. The van der Waals surface area contributed by atoms with Gasteiger partial charge >= 0.3 is 5.97 Å². The van der Waals surface area contributed by atoms with Crippen LogP contribution in [-0.2, 0) is 14.3 Å². The van der Waals surface area contributed by atoms with Crippen molar-refractivity contribution in [3.05, 3.63) is 41.2 Å². The minimum absolute atomic E-state index is 0.0876. The first kappa shape index (κ1) is 13.7. The van der Waals surface area contributed by atoms with Crippen LogP contribution in [0.25, 0.3) is 0 Å². The molecule has 0 aromatic heterocycles. The number of fused-ring (bicyclic) bond motifs is 1. The van der Waals surface area contributed by atoms with Crippen molar-refractivity contribution >= 4 is 29.2 Å². The van der Waals surface area contributed by atoms with Gasteiger partial charge in [-0.05, 0) is 18.2 Å². The van der Waals surface area contributed by atoms with Gasteiger partial charge in [0.2, 0.25) is 5.91 Å². The molecule has 2 bridgehead atoms. The lowest BCUT2D eigenvalue weighted by Crippen LogP contribution is -2.39. The molecule has 4 rings (SSSR count). The average molecular weight is 324 g/mol. The van der Waals surface area contributed by atoms with Gasteiger partial charge in [-0.2, -0.15) is 0 Å². The van der Waals surface area contributed by atoms with Crippen LogP contribution in [0.4, 0.5) is 10.1 Å². The van der Waals surface area contributed by atoms with E-state index in [0.717, 1.165) is 0 Å². The third-order valence-electron chi connectivity index (χ3n) is 4.60. The van der Waals surface area contributed by atoms with E-state index in [1.54, 1.807) is 12.2 Å². The molecule has 3 aliphatic heterocycles. The Morgan fingerprint density at radius 1 is 1.50 bits per heavy atom. The number of carbonyl (C=O) groups excluding carboxylic acids is 1. The highest BCUT2D eigenvalue weighted by Crippen LogP contribution is 2.52. The topological polar surface area (TPSA) is 66.8 Å². The molecular formula is C15H11ClFNO4. The molecule has 0 unspecified atom stereocenters. The highest BCUT2D eigenvalue weighted by molar-refractivity contribution is 6.31. The third-order valence-corrected chi connectivity index (χ3v) is 4.89. The average Bonchev–Trinajstić information content (AvgIpc) is 3.10. The lowest BCUT2D eigenvalue weighted by atomic mass is 9.77. The van der Waals surface area contributed by atoms with Crippen LogP contribution in [0.2, 0.25) is 5.02 Å². The van der Waals surface area contributed by atoms with Gasteiger partial charge in [-0.3, -0.25) is 9.59 Å². The molecule has 1 aromatic carbocycles. The molecule has 5 nitrogen and oxygen atoms in total. The highest BCUT2D eigenvalue weighted by atomic mass is 35.5. The maximum atomic E-state index is 13.3. The molecule has 1 spiro atoms. The van der Waals surface area contributed by atoms with E-state index in [1.807, 2.05) is 0 Å². The van der Waals surface area contributed by atoms with Crippen molar-refractivity contribution in [1.29, 1.82) is 0 Å². The van der Waals surface area contributed by atoms with E-state index in [0.29, 0.717) is 5.69 Å². The lowest BCUT2D eigenvalue weighted by Gasteiger charge is -2.21. The number of carboxylic acid groups (broad SMARTS) is 1. The summed E-state index contributed by atoms with van der Waals surface area (Å²) in [6, 6.07) is 3.99. The summed E-state index contributed by atoms with van der Waals surface area (Å²) in [7, 11) is 0. The van der Waals surface area contributed by atoms with Crippen LogP contribution in [0.3, 0.4) is 0 Å². The summed E-state index contributed by atoms with van der Waals surface area (Å²) in [4.78, 5) is 25.6. The van der Waals surface area contributed by atoms with Crippen molar-refractivity contribution < 1.29 is 23.8 Å². The van der Waals surface area contributed by atoms with Gasteiger partial charge in [0.1, 0.15) is 17.3 Å². The normalized spacial score (nSPS) is 35.3. The molecule has 2 fully saturated rings. The number of benzene rings is 1. The Balaban J connectivity index is 1.74. The number of hydrogen-bond acceptors (Lipinski definition) is 3. The fourth-order valence-electron chi connectivity index (χ4n) is 3.65. The molecule has 0 aliphatic carbocycles. The molecule has 114 valence electrons. The summed E-state index contributed by atoms with van der Waals surface area (Å²) in [6.07, 6.45) is 2.90. The molecule has 2 saturated heterocycles. The Labute approximate surface area is 129 Å².